The van der Waals surface area contributed by atoms with Crippen molar-refractivity contribution < 1.29 is 48.6 Å². The highest BCUT2D eigenvalue weighted by Crippen LogP contribution is 2.46. The molecule has 0 spiro atoms. The maximum absolute atomic E-state index is 11.6. The SMILES string of the molecule is CCOCF.CF.FCC(F)(F)C(F)(F)C(F)(F)F. The molecule has 0 radical (unpaired) electrons. The molecular formula is C8H12F10O. The maximum atomic E-state index is 11.6. The summed E-state index contributed by atoms with van der Waals surface area (Å²) in [6.07, 6.45) is -6.44. The Balaban J connectivity index is -0.000000307. The van der Waals surface area contributed by atoms with E-state index in [1.807, 2.05) is 0 Å². The predicted octanol–water partition coefficient (Wildman–Crippen LogP) is 4.32. The van der Waals surface area contributed by atoms with Gasteiger partial charge in [-0.25, -0.2) is 8.78 Å². The Kier molecular flexibility index (Phi) is 12.4. The fourth-order valence-electron chi connectivity index (χ4n) is 0.368. The molecule has 0 aromatic carbocycles. The first-order valence-corrected chi connectivity index (χ1v) is 4.37. The molecule has 11 heteroatoms. The molecule has 0 atom stereocenters. The Morgan fingerprint density at radius 2 is 1.21 bits per heavy atom. The van der Waals surface area contributed by atoms with Gasteiger partial charge in [0.1, 0.15) is 0 Å². The minimum absolute atomic E-state index is 0.469. The highest BCUT2D eigenvalue weighted by atomic mass is 19.4. The zero-order valence-corrected chi connectivity index (χ0v) is 9.81. The molecule has 0 heterocycles. The number of alkyl halides is 10. The van der Waals surface area contributed by atoms with E-state index in [0.29, 0.717) is 13.8 Å². The van der Waals surface area contributed by atoms with Crippen LogP contribution in [0.15, 0.2) is 0 Å². The summed E-state index contributed by atoms with van der Waals surface area (Å²) in [5, 5.41) is 0. The van der Waals surface area contributed by atoms with Gasteiger partial charge in [0.15, 0.2) is 13.5 Å². The minimum atomic E-state index is -6.44. The molecule has 0 fully saturated rings. The molecule has 0 aliphatic rings. The van der Waals surface area contributed by atoms with Crippen LogP contribution in [0.2, 0.25) is 0 Å². The predicted molar refractivity (Wildman–Crippen MR) is 46.6 cm³/mol. The van der Waals surface area contributed by atoms with Crippen molar-refractivity contribution in [2.45, 2.75) is 24.9 Å². The van der Waals surface area contributed by atoms with Gasteiger partial charge in [-0.3, -0.25) is 4.39 Å². The number of rotatable bonds is 4. The van der Waals surface area contributed by atoms with E-state index < -0.39 is 31.6 Å². The Labute approximate surface area is 102 Å². The van der Waals surface area contributed by atoms with E-state index in [1.54, 1.807) is 6.92 Å². The fraction of sp³-hybridized carbons (Fsp3) is 1.00. The summed E-state index contributed by atoms with van der Waals surface area (Å²) in [5.41, 5.74) is 0. The Morgan fingerprint density at radius 3 is 1.26 bits per heavy atom. The van der Waals surface area contributed by atoms with Crippen molar-refractivity contribution in [3.63, 3.8) is 0 Å². The van der Waals surface area contributed by atoms with Gasteiger partial charge in [-0.1, -0.05) is 0 Å². The number of hydrogen-bond acceptors (Lipinski definition) is 1. The van der Waals surface area contributed by atoms with Crippen LogP contribution >= 0.6 is 0 Å². The van der Waals surface area contributed by atoms with Crippen LogP contribution in [0, 0.1) is 0 Å². The largest absolute Gasteiger partial charge is 0.459 e. The lowest BCUT2D eigenvalue weighted by Gasteiger charge is -2.25. The van der Waals surface area contributed by atoms with Crippen molar-refractivity contribution in [1.82, 2.24) is 0 Å². The van der Waals surface area contributed by atoms with Crippen LogP contribution < -0.4 is 0 Å². The van der Waals surface area contributed by atoms with Crippen molar-refractivity contribution in [2.24, 2.45) is 0 Å². The first-order chi connectivity index (χ1) is 8.47. The van der Waals surface area contributed by atoms with Crippen molar-refractivity contribution in [2.75, 3.05) is 27.3 Å². The van der Waals surface area contributed by atoms with Crippen LogP contribution in [0.25, 0.3) is 0 Å². The minimum Gasteiger partial charge on any atom is -0.351 e. The van der Waals surface area contributed by atoms with Gasteiger partial charge < -0.3 is 4.74 Å². The smallest absolute Gasteiger partial charge is 0.351 e. The molecular weight excluding hydrogens is 302 g/mol. The quantitative estimate of drug-likeness (QED) is 0.702. The van der Waals surface area contributed by atoms with E-state index in [4.69, 9.17) is 0 Å². The first kappa shape index (κ1) is 23.4. The number of halogens is 10. The van der Waals surface area contributed by atoms with Gasteiger partial charge in [0.05, 0.1) is 7.18 Å². The lowest BCUT2D eigenvalue weighted by molar-refractivity contribution is -0.356. The Bertz CT molecular complexity index is 200. The van der Waals surface area contributed by atoms with Crippen molar-refractivity contribution in [1.29, 1.82) is 0 Å². The zero-order valence-electron chi connectivity index (χ0n) is 9.81. The number of ether oxygens (including phenoxy) is 1. The van der Waals surface area contributed by atoms with E-state index >= 15 is 0 Å². The van der Waals surface area contributed by atoms with Crippen molar-refractivity contribution in [3.05, 3.63) is 0 Å². The molecule has 1 nitrogen and oxygen atoms in total. The second-order valence-corrected chi connectivity index (χ2v) is 2.51. The first-order valence-electron chi connectivity index (χ1n) is 4.37. The molecule has 0 aliphatic heterocycles. The lowest BCUT2D eigenvalue weighted by atomic mass is 10.2. The third-order valence-corrected chi connectivity index (χ3v) is 1.26. The van der Waals surface area contributed by atoms with Crippen LogP contribution in [0.1, 0.15) is 6.92 Å². The molecule has 0 rings (SSSR count). The normalized spacial score (nSPS) is 12.0. The molecule has 0 unspecified atom stereocenters. The maximum Gasteiger partial charge on any atom is 0.459 e. The van der Waals surface area contributed by atoms with Crippen LogP contribution in [0.4, 0.5) is 43.9 Å². The van der Waals surface area contributed by atoms with Gasteiger partial charge in [0.25, 0.3) is 0 Å². The summed E-state index contributed by atoms with van der Waals surface area (Å²) >= 11 is 0. The summed E-state index contributed by atoms with van der Waals surface area (Å²) in [6.45, 7) is -1.49. The van der Waals surface area contributed by atoms with Gasteiger partial charge in [0.2, 0.25) is 0 Å². The second kappa shape index (κ2) is 10.1. The van der Waals surface area contributed by atoms with Gasteiger partial charge in [-0.05, 0) is 6.92 Å². The average molecular weight is 314 g/mol. The topological polar surface area (TPSA) is 9.23 Å². The monoisotopic (exact) mass is 314 g/mol. The molecule has 0 saturated carbocycles. The van der Waals surface area contributed by atoms with Gasteiger partial charge >= 0.3 is 18.0 Å². The summed E-state index contributed by atoms with van der Waals surface area (Å²) in [7, 11) is 0.500. The van der Waals surface area contributed by atoms with Crippen molar-refractivity contribution in [3.8, 4) is 0 Å². The summed E-state index contributed by atoms with van der Waals surface area (Å²) in [6, 6.07) is 0. The van der Waals surface area contributed by atoms with Crippen LogP contribution in [0.5, 0.6) is 0 Å². The van der Waals surface area contributed by atoms with Crippen LogP contribution in [-0.4, -0.2) is 45.3 Å². The molecule has 0 aromatic heterocycles. The van der Waals surface area contributed by atoms with Gasteiger partial charge in [-0.15, -0.1) is 0 Å². The van der Waals surface area contributed by atoms with E-state index in [-0.39, 0.29) is 0 Å². The lowest BCUT2D eigenvalue weighted by Crippen LogP contribution is -2.53. The Hall–Kier alpha value is -0.740. The molecule has 0 aromatic rings. The third kappa shape index (κ3) is 8.11. The molecule has 0 saturated heterocycles. The van der Waals surface area contributed by atoms with Crippen LogP contribution in [-0.2, 0) is 4.74 Å². The summed E-state index contributed by atoms with van der Waals surface area (Å²) in [5.74, 6) is -12.0. The highest BCUT2D eigenvalue weighted by molar-refractivity contribution is 4.90. The average Bonchev–Trinajstić information content (AvgIpc) is 2.32. The zero-order chi connectivity index (χ0) is 16.3. The van der Waals surface area contributed by atoms with E-state index in [1.165, 1.54) is 0 Å². The van der Waals surface area contributed by atoms with E-state index in [2.05, 4.69) is 4.74 Å². The fourth-order valence-corrected chi connectivity index (χ4v) is 0.368. The third-order valence-electron chi connectivity index (χ3n) is 1.26. The highest BCUT2D eigenvalue weighted by Gasteiger charge is 2.73. The van der Waals surface area contributed by atoms with Crippen molar-refractivity contribution >= 4 is 0 Å². The summed E-state index contributed by atoms with van der Waals surface area (Å²) in [4.78, 5) is 0. The molecule has 120 valence electrons. The van der Waals surface area contributed by atoms with Gasteiger partial charge in [0, 0.05) is 6.61 Å². The molecule has 0 N–H and O–H groups in total. The molecule has 0 aliphatic carbocycles. The number of hydrogen-bond donors (Lipinski definition) is 0. The Morgan fingerprint density at radius 1 is 0.842 bits per heavy atom. The molecule has 19 heavy (non-hydrogen) atoms. The molecule has 0 amide bonds. The standard InChI is InChI=1S/C4H2F8.C3H7FO.CH3F/c5-1-2(6,7)3(8,9)4(10,11)12;1-2-5-3-4;1-2/h1H2;2-3H2,1H3;1H3. The van der Waals surface area contributed by atoms with Crippen LogP contribution in [0.3, 0.4) is 0 Å². The van der Waals surface area contributed by atoms with E-state index in [9.17, 15) is 43.9 Å². The second-order valence-electron chi connectivity index (χ2n) is 2.51. The summed E-state index contributed by atoms with van der Waals surface area (Å²) < 4.78 is 115. The van der Waals surface area contributed by atoms with Gasteiger partial charge in [-0.2, -0.15) is 30.7 Å². The molecule has 0 bridgehead atoms. The van der Waals surface area contributed by atoms with E-state index in [0.717, 1.165) is 0 Å².